The highest BCUT2D eigenvalue weighted by molar-refractivity contribution is 5.10. The quantitative estimate of drug-likeness (QED) is 0.505. The van der Waals surface area contributed by atoms with Crippen LogP contribution in [0.25, 0.3) is 0 Å². The summed E-state index contributed by atoms with van der Waals surface area (Å²) in [6.07, 6.45) is 18.5. The van der Waals surface area contributed by atoms with E-state index < -0.39 is 0 Å². The molecule has 0 unspecified atom stereocenters. The molecule has 4 fully saturated rings. The van der Waals surface area contributed by atoms with Gasteiger partial charge in [0.25, 0.3) is 0 Å². The molecule has 0 aromatic carbocycles. The van der Waals surface area contributed by atoms with E-state index in [0.29, 0.717) is 16.7 Å². The summed E-state index contributed by atoms with van der Waals surface area (Å²) in [5.74, 6) is 6.04. The van der Waals surface area contributed by atoms with Crippen LogP contribution in [0.3, 0.4) is 0 Å². The normalized spacial score (nSPS) is 49.7. The Balaban J connectivity index is 1.46. The van der Waals surface area contributed by atoms with E-state index in [1.54, 1.807) is 0 Å². The standard InChI is InChI=1S/C27H46O/c1-18(2)19(3)7-6-8-20-10-12-24-23-11-9-21-17-22(28)13-15-27(21,5)25(23)14-16-26(20,24)4/h6-7,18-25,28H,8-17H2,1-5H3/b7-6+/t19-,20+,21+,22+,23+,24+,25+,26-,27+/m1/s1. The van der Waals surface area contributed by atoms with Gasteiger partial charge in [0.15, 0.2) is 0 Å². The summed E-state index contributed by atoms with van der Waals surface area (Å²) >= 11 is 0. The fraction of sp³-hybridized carbons (Fsp3) is 0.926. The summed E-state index contributed by atoms with van der Waals surface area (Å²) in [6, 6.07) is 0. The first kappa shape index (κ1) is 21.0. The molecular formula is C27H46O. The van der Waals surface area contributed by atoms with Crippen LogP contribution in [0.2, 0.25) is 0 Å². The molecule has 0 radical (unpaired) electrons. The van der Waals surface area contributed by atoms with Gasteiger partial charge in [-0.05, 0) is 116 Å². The first-order chi connectivity index (χ1) is 13.3. The highest BCUT2D eigenvalue weighted by atomic mass is 16.3. The average molecular weight is 387 g/mol. The van der Waals surface area contributed by atoms with Gasteiger partial charge in [-0.15, -0.1) is 0 Å². The Labute approximate surface area is 174 Å². The largest absolute Gasteiger partial charge is 0.393 e. The molecule has 0 saturated heterocycles. The Bertz CT molecular complexity index is 579. The third-order valence-electron chi connectivity index (χ3n) is 10.7. The molecule has 0 bridgehead atoms. The monoisotopic (exact) mass is 386 g/mol. The van der Waals surface area contributed by atoms with Gasteiger partial charge in [0, 0.05) is 0 Å². The highest BCUT2D eigenvalue weighted by Gasteiger charge is 2.59. The predicted octanol–water partition coefficient (Wildman–Crippen LogP) is 7.24. The minimum absolute atomic E-state index is 0.0145. The van der Waals surface area contributed by atoms with Crippen molar-refractivity contribution in [2.75, 3.05) is 0 Å². The first-order valence-corrected chi connectivity index (χ1v) is 12.6. The van der Waals surface area contributed by atoms with E-state index in [2.05, 4.69) is 46.8 Å². The van der Waals surface area contributed by atoms with Gasteiger partial charge in [-0.3, -0.25) is 0 Å². The lowest BCUT2D eigenvalue weighted by atomic mass is 9.44. The second-order valence-corrected chi connectivity index (χ2v) is 12.2. The number of allylic oxidation sites excluding steroid dienone is 2. The smallest absolute Gasteiger partial charge is 0.0543 e. The van der Waals surface area contributed by atoms with Gasteiger partial charge in [-0.2, -0.15) is 0 Å². The molecule has 1 nitrogen and oxygen atoms in total. The van der Waals surface area contributed by atoms with Crippen LogP contribution in [0.1, 0.15) is 98.8 Å². The molecule has 9 atom stereocenters. The predicted molar refractivity (Wildman–Crippen MR) is 119 cm³/mol. The maximum atomic E-state index is 10.2. The van der Waals surface area contributed by atoms with E-state index >= 15 is 0 Å². The van der Waals surface area contributed by atoms with Crippen molar-refractivity contribution < 1.29 is 5.11 Å². The molecule has 4 rings (SSSR count). The third-order valence-corrected chi connectivity index (χ3v) is 10.7. The molecule has 28 heavy (non-hydrogen) atoms. The second kappa shape index (κ2) is 7.75. The molecule has 0 aromatic rings. The van der Waals surface area contributed by atoms with Gasteiger partial charge in [0.05, 0.1) is 6.10 Å². The lowest BCUT2D eigenvalue weighted by Gasteiger charge is -2.61. The number of aliphatic hydroxyl groups is 1. The first-order valence-electron chi connectivity index (χ1n) is 12.6. The van der Waals surface area contributed by atoms with Crippen LogP contribution < -0.4 is 0 Å². The van der Waals surface area contributed by atoms with E-state index in [0.717, 1.165) is 48.3 Å². The zero-order chi connectivity index (χ0) is 20.1. The van der Waals surface area contributed by atoms with Crippen molar-refractivity contribution in [2.45, 2.75) is 105 Å². The van der Waals surface area contributed by atoms with Crippen molar-refractivity contribution in [3.8, 4) is 0 Å². The fourth-order valence-corrected chi connectivity index (χ4v) is 8.41. The number of hydrogen-bond acceptors (Lipinski definition) is 1. The fourth-order valence-electron chi connectivity index (χ4n) is 8.41. The summed E-state index contributed by atoms with van der Waals surface area (Å²) in [5.41, 5.74) is 1.11. The molecule has 0 aromatic heterocycles. The zero-order valence-electron chi connectivity index (χ0n) is 19.3. The molecule has 0 aliphatic heterocycles. The van der Waals surface area contributed by atoms with Gasteiger partial charge in [0.1, 0.15) is 0 Å². The Morgan fingerprint density at radius 3 is 2.36 bits per heavy atom. The maximum absolute atomic E-state index is 10.2. The molecule has 0 amide bonds. The summed E-state index contributed by atoms with van der Waals surface area (Å²) in [5, 5.41) is 10.2. The molecule has 4 aliphatic carbocycles. The molecule has 1 N–H and O–H groups in total. The molecule has 4 saturated carbocycles. The van der Waals surface area contributed by atoms with Gasteiger partial charge in [-0.1, -0.05) is 46.8 Å². The van der Waals surface area contributed by atoms with Crippen molar-refractivity contribution in [2.24, 2.45) is 52.3 Å². The Morgan fingerprint density at radius 2 is 1.61 bits per heavy atom. The number of hydrogen-bond donors (Lipinski definition) is 1. The van der Waals surface area contributed by atoms with Crippen molar-refractivity contribution >= 4 is 0 Å². The average Bonchev–Trinajstić information content (AvgIpc) is 2.99. The summed E-state index contributed by atoms with van der Waals surface area (Å²) < 4.78 is 0. The Morgan fingerprint density at radius 1 is 0.893 bits per heavy atom. The number of fused-ring (bicyclic) bond motifs is 5. The highest BCUT2D eigenvalue weighted by Crippen LogP contribution is 2.67. The van der Waals surface area contributed by atoms with Crippen LogP contribution >= 0.6 is 0 Å². The summed E-state index contributed by atoms with van der Waals surface area (Å²) in [6.45, 7) is 12.3. The van der Waals surface area contributed by atoms with Crippen molar-refractivity contribution in [1.29, 1.82) is 0 Å². The topological polar surface area (TPSA) is 20.2 Å². The van der Waals surface area contributed by atoms with Crippen LogP contribution in [0.5, 0.6) is 0 Å². The van der Waals surface area contributed by atoms with Crippen LogP contribution in [-0.4, -0.2) is 11.2 Å². The molecule has 0 heterocycles. The van der Waals surface area contributed by atoms with Gasteiger partial charge >= 0.3 is 0 Å². The van der Waals surface area contributed by atoms with Gasteiger partial charge < -0.3 is 5.11 Å². The third kappa shape index (κ3) is 3.42. The van der Waals surface area contributed by atoms with E-state index in [1.807, 2.05) is 0 Å². The lowest BCUT2D eigenvalue weighted by molar-refractivity contribution is -0.126. The lowest BCUT2D eigenvalue weighted by Crippen LogP contribution is -2.53. The Hall–Kier alpha value is -0.300. The molecule has 4 aliphatic rings. The molecular weight excluding hydrogens is 340 g/mol. The number of rotatable bonds is 4. The van der Waals surface area contributed by atoms with Crippen molar-refractivity contribution in [3.63, 3.8) is 0 Å². The van der Waals surface area contributed by atoms with E-state index in [9.17, 15) is 5.11 Å². The molecule has 1 heteroatoms. The maximum Gasteiger partial charge on any atom is 0.0543 e. The Kier molecular flexibility index (Phi) is 5.80. The van der Waals surface area contributed by atoms with Crippen LogP contribution in [-0.2, 0) is 0 Å². The van der Waals surface area contributed by atoms with Crippen molar-refractivity contribution in [3.05, 3.63) is 12.2 Å². The second-order valence-electron chi connectivity index (χ2n) is 12.2. The number of aliphatic hydroxyl groups excluding tert-OH is 1. The summed E-state index contributed by atoms with van der Waals surface area (Å²) in [4.78, 5) is 0. The van der Waals surface area contributed by atoms with E-state index in [-0.39, 0.29) is 6.10 Å². The molecule has 160 valence electrons. The van der Waals surface area contributed by atoms with Crippen LogP contribution in [0.4, 0.5) is 0 Å². The SMILES string of the molecule is CC(C)[C@H](C)/C=C/C[C@H]1CC[C@H]2[C@@H]3CC[C@H]4C[C@@H](O)CC[C@]4(C)[C@H]3CC[C@]12C. The van der Waals surface area contributed by atoms with Crippen LogP contribution in [0, 0.1) is 52.3 Å². The van der Waals surface area contributed by atoms with Gasteiger partial charge in [0.2, 0.25) is 0 Å². The minimum atomic E-state index is -0.0145. The van der Waals surface area contributed by atoms with E-state index in [1.165, 1.54) is 51.4 Å². The van der Waals surface area contributed by atoms with Crippen molar-refractivity contribution in [1.82, 2.24) is 0 Å². The molecule has 0 spiro atoms. The summed E-state index contributed by atoms with van der Waals surface area (Å²) in [7, 11) is 0. The van der Waals surface area contributed by atoms with Crippen LogP contribution in [0.15, 0.2) is 12.2 Å². The van der Waals surface area contributed by atoms with E-state index in [4.69, 9.17) is 0 Å². The minimum Gasteiger partial charge on any atom is -0.393 e. The zero-order valence-corrected chi connectivity index (χ0v) is 19.3. The van der Waals surface area contributed by atoms with Gasteiger partial charge in [-0.25, -0.2) is 0 Å².